The Morgan fingerprint density at radius 2 is 1.83 bits per heavy atom. The standard InChI is InChI=1S/C24H29FN2O2/c25-21-11-6-12-22(27-15-3-4-16-27)24(21)26-23(28)14-13-18-7-5-10-20(17-18)29-19-8-1-2-9-19/h5-7,10-12,17,19H,1-4,8-9,13-16H2,(H,26,28). The van der Waals surface area contributed by atoms with Gasteiger partial charge in [0.15, 0.2) is 0 Å². The molecule has 4 rings (SSSR count). The van der Waals surface area contributed by atoms with E-state index in [9.17, 15) is 9.18 Å². The Balaban J connectivity index is 1.36. The molecule has 2 aromatic rings. The van der Waals surface area contributed by atoms with Crippen LogP contribution in [0.5, 0.6) is 5.75 Å². The molecule has 2 fully saturated rings. The monoisotopic (exact) mass is 396 g/mol. The molecule has 2 aromatic carbocycles. The molecular formula is C24H29FN2O2. The van der Waals surface area contributed by atoms with Gasteiger partial charge in [-0.05, 0) is 74.8 Å². The molecule has 4 nitrogen and oxygen atoms in total. The Morgan fingerprint density at radius 1 is 1.07 bits per heavy atom. The van der Waals surface area contributed by atoms with Crippen LogP contribution in [0.2, 0.25) is 0 Å². The van der Waals surface area contributed by atoms with Crippen LogP contribution in [0.4, 0.5) is 15.8 Å². The molecule has 5 heteroatoms. The lowest BCUT2D eigenvalue weighted by Crippen LogP contribution is -2.22. The number of para-hydroxylation sites is 1. The number of amides is 1. The van der Waals surface area contributed by atoms with Gasteiger partial charge >= 0.3 is 0 Å². The number of nitrogens with one attached hydrogen (secondary N) is 1. The van der Waals surface area contributed by atoms with E-state index in [0.717, 1.165) is 55.8 Å². The lowest BCUT2D eigenvalue weighted by Gasteiger charge is -2.22. The second-order valence-electron chi connectivity index (χ2n) is 8.05. The summed E-state index contributed by atoms with van der Waals surface area (Å²) in [7, 11) is 0. The van der Waals surface area contributed by atoms with Crippen molar-refractivity contribution in [2.24, 2.45) is 0 Å². The van der Waals surface area contributed by atoms with Gasteiger partial charge in [-0.25, -0.2) is 4.39 Å². The number of carbonyl (C=O) groups excluding carboxylic acids is 1. The molecule has 1 saturated carbocycles. The van der Waals surface area contributed by atoms with Crippen molar-refractivity contribution in [2.45, 2.75) is 57.5 Å². The van der Waals surface area contributed by atoms with Crippen molar-refractivity contribution in [3.8, 4) is 5.75 Å². The molecule has 1 saturated heterocycles. The Kier molecular flexibility index (Phi) is 6.33. The molecule has 0 bridgehead atoms. The van der Waals surface area contributed by atoms with Crippen LogP contribution in [0, 0.1) is 5.82 Å². The molecule has 154 valence electrons. The van der Waals surface area contributed by atoms with Crippen molar-refractivity contribution in [3.05, 3.63) is 53.8 Å². The third-order valence-electron chi connectivity index (χ3n) is 5.85. The van der Waals surface area contributed by atoms with Crippen LogP contribution in [0.1, 0.15) is 50.5 Å². The number of halogens is 1. The van der Waals surface area contributed by atoms with Crippen LogP contribution in [0.25, 0.3) is 0 Å². The minimum Gasteiger partial charge on any atom is -0.490 e. The van der Waals surface area contributed by atoms with Gasteiger partial charge in [0.25, 0.3) is 0 Å². The number of benzene rings is 2. The zero-order valence-electron chi connectivity index (χ0n) is 16.8. The molecule has 0 spiro atoms. The van der Waals surface area contributed by atoms with E-state index >= 15 is 0 Å². The second-order valence-corrected chi connectivity index (χ2v) is 8.05. The van der Waals surface area contributed by atoms with Crippen LogP contribution < -0.4 is 15.0 Å². The molecule has 1 aliphatic heterocycles. The van der Waals surface area contributed by atoms with Crippen molar-refractivity contribution in [2.75, 3.05) is 23.3 Å². The van der Waals surface area contributed by atoms with Crippen molar-refractivity contribution < 1.29 is 13.9 Å². The molecule has 1 heterocycles. The largest absolute Gasteiger partial charge is 0.490 e. The average molecular weight is 397 g/mol. The highest BCUT2D eigenvalue weighted by atomic mass is 19.1. The fourth-order valence-electron chi connectivity index (χ4n) is 4.29. The molecular weight excluding hydrogens is 367 g/mol. The molecule has 1 N–H and O–H groups in total. The van der Waals surface area contributed by atoms with Gasteiger partial charge < -0.3 is 15.0 Å². The van der Waals surface area contributed by atoms with Crippen molar-refractivity contribution in [1.29, 1.82) is 0 Å². The SMILES string of the molecule is O=C(CCc1cccc(OC2CCCC2)c1)Nc1c(F)cccc1N1CCCC1. The summed E-state index contributed by atoms with van der Waals surface area (Å²) in [4.78, 5) is 14.7. The van der Waals surface area contributed by atoms with E-state index in [2.05, 4.69) is 10.2 Å². The zero-order chi connectivity index (χ0) is 20.1. The summed E-state index contributed by atoms with van der Waals surface area (Å²) in [5.41, 5.74) is 2.14. The van der Waals surface area contributed by atoms with Crippen LogP contribution in [-0.4, -0.2) is 25.1 Å². The highest BCUT2D eigenvalue weighted by Crippen LogP contribution is 2.31. The van der Waals surface area contributed by atoms with E-state index < -0.39 is 0 Å². The third kappa shape index (κ3) is 5.08. The van der Waals surface area contributed by atoms with Gasteiger partial charge in [0, 0.05) is 19.5 Å². The minimum atomic E-state index is -0.380. The first-order chi connectivity index (χ1) is 14.2. The fraction of sp³-hybridized carbons (Fsp3) is 0.458. The van der Waals surface area contributed by atoms with E-state index in [1.54, 1.807) is 6.07 Å². The van der Waals surface area contributed by atoms with Crippen molar-refractivity contribution >= 4 is 17.3 Å². The van der Waals surface area contributed by atoms with E-state index in [-0.39, 0.29) is 11.7 Å². The maximum atomic E-state index is 14.4. The summed E-state index contributed by atoms with van der Waals surface area (Å²) in [6.45, 7) is 1.81. The normalized spacial score (nSPS) is 16.9. The Morgan fingerprint density at radius 3 is 2.62 bits per heavy atom. The lowest BCUT2D eigenvalue weighted by atomic mass is 10.1. The van der Waals surface area contributed by atoms with Crippen molar-refractivity contribution in [3.63, 3.8) is 0 Å². The average Bonchev–Trinajstić information content (AvgIpc) is 3.42. The molecule has 0 unspecified atom stereocenters. The van der Waals surface area contributed by atoms with E-state index in [4.69, 9.17) is 4.74 Å². The highest BCUT2D eigenvalue weighted by molar-refractivity contribution is 5.94. The van der Waals surface area contributed by atoms with E-state index in [0.29, 0.717) is 24.6 Å². The maximum Gasteiger partial charge on any atom is 0.224 e. The van der Waals surface area contributed by atoms with Crippen LogP contribution in [0.15, 0.2) is 42.5 Å². The van der Waals surface area contributed by atoms with Crippen LogP contribution >= 0.6 is 0 Å². The predicted octanol–water partition coefficient (Wildman–Crippen LogP) is 5.32. The summed E-state index contributed by atoms with van der Waals surface area (Å²) < 4.78 is 20.5. The summed E-state index contributed by atoms with van der Waals surface area (Å²) in [5, 5.41) is 2.81. The van der Waals surface area contributed by atoms with Gasteiger partial charge in [-0.3, -0.25) is 4.79 Å². The molecule has 0 atom stereocenters. The number of hydrogen-bond donors (Lipinski definition) is 1. The Labute approximate surface area is 172 Å². The Hall–Kier alpha value is -2.56. The van der Waals surface area contributed by atoms with Gasteiger partial charge in [-0.2, -0.15) is 0 Å². The van der Waals surface area contributed by atoms with Gasteiger partial charge in [0.1, 0.15) is 17.3 Å². The van der Waals surface area contributed by atoms with Gasteiger partial charge in [0.2, 0.25) is 5.91 Å². The molecule has 0 radical (unpaired) electrons. The van der Waals surface area contributed by atoms with E-state index in [1.165, 1.54) is 18.9 Å². The molecule has 2 aliphatic rings. The molecule has 1 amide bonds. The van der Waals surface area contributed by atoms with Crippen LogP contribution in [0.3, 0.4) is 0 Å². The smallest absolute Gasteiger partial charge is 0.224 e. The molecule has 1 aliphatic carbocycles. The number of carbonyl (C=O) groups is 1. The summed E-state index contributed by atoms with van der Waals surface area (Å²) >= 11 is 0. The summed E-state index contributed by atoms with van der Waals surface area (Å²) in [5.74, 6) is 0.326. The predicted molar refractivity (Wildman–Crippen MR) is 114 cm³/mol. The lowest BCUT2D eigenvalue weighted by molar-refractivity contribution is -0.116. The quantitative estimate of drug-likeness (QED) is 0.689. The van der Waals surface area contributed by atoms with Gasteiger partial charge in [0.05, 0.1) is 11.8 Å². The number of hydrogen-bond acceptors (Lipinski definition) is 3. The Bertz CT molecular complexity index is 843. The fourth-order valence-corrected chi connectivity index (χ4v) is 4.29. The number of nitrogens with zero attached hydrogens (tertiary/aromatic N) is 1. The van der Waals surface area contributed by atoms with Gasteiger partial charge in [-0.1, -0.05) is 18.2 Å². The first kappa shape index (κ1) is 19.7. The maximum absolute atomic E-state index is 14.4. The number of aryl methyl sites for hydroxylation is 1. The second kappa shape index (κ2) is 9.29. The van der Waals surface area contributed by atoms with Crippen molar-refractivity contribution in [1.82, 2.24) is 0 Å². The van der Waals surface area contributed by atoms with Crippen LogP contribution in [-0.2, 0) is 11.2 Å². The molecule has 0 aromatic heterocycles. The first-order valence-electron chi connectivity index (χ1n) is 10.8. The number of ether oxygens (including phenoxy) is 1. The zero-order valence-corrected chi connectivity index (χ0v) is 16.8. The summed E-state index contributed by atoms with van der Waals surface area (Å²) in [6, 6.07) is 13.0. The number of rotatable bonds is 7. The highest BCUT2D eigenvalue weighted by Gasteiger charge is 2.20. The minimum absolute atomic E-state index is 0.169. The topological polar surface area (TPSA) is 41.6 Å². The van der Waals surface area contributed by atoms with Gasteiger partial charge in [-0.15, -0.1) is 0 Å². The summed E-state index contributed by atoms with van der Waals surface area (Å²) in [6.07, 6.45) is 8.14. The number of anilines is 2. The van der Waals surface area contributed by atoms with E-state index in [1.807, 2.05) is 30.3 Å². The first-order valence-corrected chi connectivity index (χ1v) is 10.8. The third-order valence-corrected chi connectivity index (χ3v) is 5.85. The molecule has 29 heavy (non-hydrogen) atoms.